The predicted molar refractivity (Wildman–Crippen MR) is 220 cm³/mol. The first-order valence-electron chi connectivity index (χ1n) is 23.9. The second-order valence-electron chi connectivity index (χ2n) is 21.6. The third kappa shape index (κ3) is 8.89. The van der Waals surface area contributed by atoms with Gasteiger partial charge in [0.1, 0.15) is 73.2 Å². The highest BCUT2D eigenvalue weighted by Crippen LogP contribution is 2.71. The molecule has 0 aromatic heterocycles. The van der Waals surface area contributed by atoms with Crippen LogP contribution in [0.4, 0.5) is 0 Å². The van der Waals surface area contributed by atoms with E-state index in [1.807, 2.05) is 6.92 Å². The van der Waals surface area contributed by atoms with Crippen LogP contribution in [-0.2, 0) is 33.2 Å². The van der Waals surface area contributed by atoms with Crippen molar-refractivity contribution < 1.29 is 99.5 Å². The molecule has 28 atom stereocenters. The summed E-state index contributed by atoms with van der Waals surface area (Å²) in [6, 6.07) is 0. The molecule has 4 heterocycles. The SMILES string of the molecule is C[C@H](CC[C@@]1(O)O[C@H]2C[C@H]3[C@@H]4CC[C@@H]5C[C@@H](O[C@@H]6O[C@H](CO)[C@H](O)[C@H](O)[C@H]6O[C@@H]6O[C@H](CO)[C@@H](O)[C@H](O)[C@H]6O)[C@@H](O)C[C@]5(C)[C@H]4CC[C@]3(C)[C@H]2[C@@H]1C)CO[C@@H]1O[C@H](CO)[C@@H](O)[C@H](O)[C@H]1O. The Bertz CT molecular complexity index is 1600. The minimum absolute atomic E-state index is 0.0708. The van der Waals surface area contributed by atoms with Crippen LogP contribution in [0, 0.1) is 52.3 Å². The average molecular weight is 937 g/mol. The van der Waals surface area contributed by atoms with Crippen molar-refractivity contribution in [3.63, 3.8) is 0 Å². The topological polar surface area (TPSA) is 328 Å². The first-order valence-corrected chi connectivity index (χ1v) is 23.9. The fourth-order valence-electron chi connectivity index (χ4n) is 14.2. The highest BCUT2D eigenvalue weighted by Gasteiger charge is 2.69. The molecule has 0 aromatic carbocycles. The van der Waals surface area contributed by atoms with E-state index in [0.29, 0.717) is 43.4 Å². The van der Waals surface area contributed by atoms with Crippen LogP contribution < -0.4 is 0 Å². The molecular formula is C45H76O20. The van der Waals surface area contributed by atoms with Gasteiger partial charge in [-0.15, -0.1) is 0 Å². The van der Waals surface area contributed by atoms with Gasteiger partial charge in [-0.3, -0.25) is 0 Å². The van der Waals surface area contributed by atoms with E-state index in [4.69, 9.17) is 33.2 Å². The van der Waals surface area contributed by atoms with Crippen molar-refractivity contribution in [1.29, 1.82) is 0 Å². The standard InChI is InChI=1S/C45H76O20/c1-18(17-59-40-37(56)34(53)31(50)27(14-46)61-40)7-10-45(58)19(2)30-26(65-45)12-23-21-6-5-20-11-25(24(49)13-44(20,4)22(21)8-9-43(23,30)3)60-42-39(36(55)33(52)29(16-48)63-42)64-41-38(57)35(54)32(51)28(15-47)62-41/h18-42,46-58H,5-17H2,1-4H3/t18-,19+,20-,21-,22+,23+,24+,25-,26+,27-,28-,29-,30+,31-,32-,33+,34+,35+,36+,37-,38-,39-,40-,41+,42-,43+,44+,45-/m1/s1. The fraction of sp³-hybridized carbons (Fsp3) is 1.00. The number of aliphatic hydroxyl groups is 13. The van der Waals surface area contributed by atoms with Gasteiger partial charge in [0.05, 0.1) is 44.7 Å². The Morgan fingerprint density at radius 2 is 1.23 bits per heavy atom. The molecule has 8 fully saturated rings. The van der Waals surface area contributed by atoms with Crippen molar-refractivity contribution >= 4 is 0 Å². The van der Waals surface area contributed by atoms with E-state index < -0.39 is 130 Å². The van der Waals surface area contributed by atoms with Crippen LogP contribution >= 0.6 is 0 Å². The summed E-state index contributed by atoms with van der Waals surface area (Å²) in [4.78, 5) is 0. The maximum atomic E-state index is 12.1. The van der Waals surface area contributed by atoms with E-state index >= 15 is 0 Å². The summed E-state index contributed by atoms with van der Waals surface area (Å²) in [6.45, 7) is 6.91. The van der Waals surface area contributed by atoms with E-state index in [0.717, 1.165) is 32.1 Å². The number of rotatable bonds is 13. The van der Waals surface area contributed by atoms with E-state index in [1.54, 1.807) is 0 Å². The fourth-order valence-corrected chi connectivity index (χ4v) is 14.2. The zero-order valence-corrected chi connectivity index (χ0v) is 37.8. The van der Waals surface area contributed by atoms with Crippen LogP contribution in [0.1, 0.15) is 85.5 Å². The predicted octanol–water partition coefficient (Wildman–Crippen LogP) is -2.81. The van der Waals surface area contributed by atoms with Crippen LogP contribution in [0.3, 0.4) is 0 Å². The third-order valence-corrected chi connectivity index (χ3v) is 18.0. The molecular weight excluding hydrogens is 860 g/mol. The highest BCUT2D eigenvalue weighted by molar-refractivity contribution is 5.15. The molecule has 0 amide bonds. The third-order valence-electron chi connectivity index (χ3n) is 18.0. The Kier molecular flexibility index (Phi) is 15.1. The van der Waals surface area contributed by atoms with Crippen LogP contribution in [0.15, 0.2) is 0 Å². The van der Waals surface area contributed by atoms with Gasteiger partial charge in [-0.25, -0.2) is 0 Å². The first kappa shape index (κ1) is 50.6. The molecule has 0 radical (unpaired) electrons. The highest BCUT2D eigenvalue weighted by atomic mass is 16.8. The van der Waals surface area contributed by atoms with Gasteiger partial charge < -0.3 is 99.5 Å². The lowest BCUT2D eigenvalue weighted by Gasteiger charge is -2.62. The van der Waals surface area contributed by atoms with Gasteiger partial charge in [0, 0.05) is 12.3 Å². The monoisotopic (exact) mass is 936 g/mol. The lowest BCUT2D eigenvalue weighted by atomic mass is 9.44. The molecule has 0 unspecified atom stereocenters. The molecule has 20 nitrogen and oxygen atoms in total. The molecule has 4 saturated heterocycles. The molecule has 8 aliphatic rings. The Morgan fingerprint density at radius 1 is 0.646 bits per heavy atom. The normalized spacial score (nSPS) is 56.1. The molecule has 0 bridgehead atoms. The van der Waals surface area contributed by atoms with Gasteiger partial charge in [-0.1, -0.05) is 27.7 Å². The molecule has 65 heavy (non-hydrogen) atoms. The van der Waals surface area contributed by atoms with E-state index in [-0.39, 0.29) is 47.2 Å². The number of hydrogen-bond acceptors (Lipinski definition) is 20. The molecule has 13 N–H and O–H groups in total. The Morgan fingerprint density at radius 3 is 1.86 bits per heavy atom. The largest absolute Gasteiger partial charge is 0.394 e. The second-order valence-corrected chi connectivity index (χ2v) is 21.6. The lowest BCUT2D eigenvalue weighted by Crippen LogP contribution is -2.65. The minimum atomic E-state index is -1.81. The quantitative estimate of drug-likeness (QED) is 0.0829. The van der Waals surface area contributed by atoms with Gasteiger partial charge in [-0.05, 0) is 97.7 Å². The Hall–Kier alpha value is -0.800. The van der Waals surface area contributed by atoms with Crippen LogP contribution in [0.2, 0.25) is 0 Å². The molecule has 4 aliphatic heterocycles. The zero-order chi connectivity index (χ0) is 47.1. The molecule has 376 valence electrons. The van der Waals surface area contributed by atoms with Gasteiger partial charge in [0.25, 0.3) is 0 Å². The van der Waals surface area contributed by atoms with Gasteiger partial charge in [0.2, 0.25) is 0 Å². The van der Waals surface area contributed by atoms with Crippen LogP contribution in [0.25, 0.3) is 0 Å². The zero-order valence-electron chi connectivity index (χ0n) is 37.8. The summed E-state index contributed by atoms with van der Waals surface area (Å²) in [5.41, 5.74) is -0.302. The van der Waals surface area contributed by atoms with Gasteiger partial charge in [-0.2, -0.15) is 0 Å². The molecule has 20 heteroatoms. The minimum Gasteiger partial charge on any atom is -0.394 e. The lowest BCUT2D eigenvalue weighted by molar-refractivity contribution is -0.376. The summed E-state index contributed by atoms with van der Waals surface area (Å²) in [5.74, 6) is -0.194. The molecule has 8 rings (SSSR count). The van der Waals surface area contributed by atoms with Crippen molar-refractivity contribution in [2.24, 2.45) is 52.3 Å². The molecule has 0 spiro atoms. The maximum absolute atomic E-state index is 12.1. The summed E-state index contributed by atoms with van der Waals surface area (Å²) < 4.78 is 41.7. The summed E-state index contributed by atoms with van der Waals surface area (Å²) >= 11 is 0. The van der Waals surface area contributed by atoms with Crippen molar-refractivity contribution in [2.75, 3.05) is 26.4 Å². The molecule has 4 saturated carbocycles. The van der Waals surface area contributed by atoms with Crippen molar-refractivity contribution in [3.05, 3.63) is 0 Å². The Labute approximate surface area is 379 Å². The number of ether oxygens (including phenoxy) is 7. The summed E-state index contributed by atoms with van der Waals surface area (Å²) in [6.07, 6.45) is -18.0. The summed E-state index contributed by atoms with van der Waals surface area (Å²) in [5, 5.41) is 137. The smallest absolute Gasteiger partial charge is 0.187 e. The van der Waals surface area contributed by atoms with E-state index in [2.05, 4.69) is 20.8 Å². The molecule has 0 aromatic rings. The van der Waals surface area contributed by atoms with Crippen LogP contribution in [0.5, 0.6) is 0 Å². The van der Waals surface area contributed by atoms with Crippen molar-refractivity contribution in [3.8, 4) is 0 Å². The van der Waals surface area contributed by atoms with Crippen LogP contribution in [-0.4, -0.2) is 209 Å². The van der Waals surface area contributed by atoms with Crippen molar-refractivity contribution in [2.45, 2.75) is 202 Å². The number of hydrogen-bond donors (Lipinski definition) is 13. The second kappa shape index (κ2) is 19.4. The van der Waals surface area contributed by atoms with Gasteiger partial charge >= 0.3 is 0 Å². The van der Waals surface area contributed by atoms with E-state index in [1.165, 1.54) is 0 Å². The number of fused-ring (bicyclic) bond motifs is 7. The van der Waals surface area contributed by atoms with Crippen molar-refractivity contribution in [1.82, 2.24) is 0 Å². The first-order chi connectivity index (χ1) is 30.7. The Balaban J connectivity index is 0.885. The maximum Gasteiger partial charge on any atom is 0.187 e. The molecule has 4 aliphatic carbocycles. The average Bonchev–Trinajstić information content (AvgIpc) is 3.72. The summed E-state index contributed by atoms with van der Waals surface area (Å²) in [7, 11) is 0. The van der Waals surface area contributed by atoms with E-state index in [9.17, 15) is 66.4 Å². The van der Waals surface area contributed by atoms with Gasteiger partial charge in [0.15, 0.2) is 24.7 Å². The number of aliphatic hydroxyl groups excluding tert-OH is 12.